The Morgan fingerprint density at radius 1 is 1.08 bits per heavy atom. The zero-order valence-electron chi connectivity index (χ0n) is 14.3. The minimum atomic E-state index is -0.101. The van der Waals surface area contributed by atoms with Crippen LogP contribution in [-0.2, 0) is 9.59 Å². The summed E-state index contributed by atoms with van der Waals surface area (Å²) in [5, 5.41) is 6.31. The van der Waals surface area contributed by atoms with Gasteiger partial charge in [-0.2, -0.15) is 0 Å². The average Bonchev–Trinajstić information content (AvgIpc) is 2.57. The molecule has 2 amide bonds. The highest BCUT2D eigenvalue weighted by Crippen LogP contribution is 2.23. The van der Waals surface area contributed by atoms with Crippen molar-refractivity contribution in [1.82, 2.24) is 0 Å². The van der Waals surface area contributed by atoms with Crippen molar-refractivity contribution in [3.05, 3.63) is 53.1 Å². The Kier molecular flexibility index (Phi) is 7.34. The Labute approximate surface area is 157 Å². The van der Waals surface area contributed by atoms with Gasteiger partial charge in [0.05, 0.1) is 5.75 Å². The highest BCUT2D eigenvalue weighted by Gasteiger charge is 2.07. The molecule has 0 aliphatic carbocycles. The molecule has 132 valence electrons. The van der Waals surface area contributed by atoms with E-state index in [4.69, 9.17) is 11.6 Å². The minimum absolute atomic E-state index is 0.00109. The molecule has 2 N–H and O–H groups in total. The van der Waals surface area contributed by atoms with Gasteiger partial charge in [-0.1, -0.05) is 30.7 Å². The topological polar surface area (TPSA) is 58.2 Å². The lowest BCUT2D eigenvalue weighted by Gasteiger charge is -2.09. The van der Waals surface area contributed by atoms with Crippen LogP contribution in [0.1, 0.15) is 25.3 Å². The summed E-state index contributed by atoms with van der Waals surface area (Å²) in [6.07, 6.45) is 1.31. The number of carbonyl (C=O) groups is 2. The molecule has 0 aliphatic rings. The number of anilines is 2. The maximum Gasteiger partial charge on any atom is 0.234 e. The monoisotopic (exact) mass is 376 g/mol. The zero-order chi connectivity index (χ0) is 18.2. The number of benzene rings is 2. The van der Waals surface area contributed by atoms with E-state index in [1.807, 2.05) is 44.2 Å². The smallest absolute Gasteiger partial charge is 0.234 e. The lowest BCUT2D eigenvalue weighted by Crippen LogP contribution is -2.14. The molecule has 0 radical (unpaired) electrons. The molecule has 2 aromatic rings. The quantitative estimate of drug-likeness (QED) is 0.659. The first kappa shape index (κ1) is 19.3. The first-order chi connectivity index (χ1) is 12.0. The standard InChI is InChI=1S/C19H21ClN2O2S/c1-3-5-18(23)21-15-6-4-7-16(11-15)25-12-19(24)22-17-10-14(20)9-8-13(17)2/h4,6-11H,3,5,12H2,1-2H3,(H,21,23)(H,22,24). The van der Waals surface area contributed by atoms with Gasteiger partial charge in [0, 0.05) is 27.7 Å². The molecule has 0 saturated carbocycles. The normalized spacial score (nSPS) is 10.4. The van der Waals surface area contributed by atoms with E-state index >= 15 is 0 Å². The molecule has 4 nitrogen and oxygen atoms in total. The Morgan fingerprint density at radius 2 is 1.88 bits per heavy atom. The minimum Gasteiger partial charge on any atom is -0.326 e. The summed E-state index contributed by atoms with van der Waals surface area (Å²) < 4.78 is 0. The lowest BCUT2D eigenvalue weighted by atomic mass is 10.2. The largest absolute Gasteiger partial charge is 0.326 e. The molecule has 2 aromatic carbocycles. The summed E-state index contributed by atoms with van der Waals surface area (Å²) in [5.74, 6) is 0.174. The van der Waals surface area contributed by atoms with E-state index < -0.39 is 0 Å². The Hall–Kier alpha value is -1.98. The molecule has 0 aliphatic heterocycles. The van der Waals surface area contributed by atoms with Crippen molar-refractivity contribution in [3.8, 4) is 0 Å². The van der Waals surface area contributed by atoms with Crippen LogP contribution in [-0.4, -0.2) is 17.6 Å². The van der Waals surface area contributed by atoms with Crippen molar-refractivity contribution in [1.29, 1.82) is 0 Å². The summed E-state index contributed by atoms with van der Waals surface area (Å²) >= 11 is 7.38. The molecule has 2 rings (SSSR count). The van der Waals surface area contributed by atoms with E-state index in [1.54, 1.807) is 12.1 Å². The van der Waals surface area contributed by atoms with Gasteiger partial charge in [-0.25, -0.2) is 0 Å². The molecule has 0 fully saturated rings. The van der Waals surface area contributed by atoms with Gasteiger partial charge in [0.15, 0.2) is 0 Å². The first-order valence-corrected chi connectivity index (χ1v) is 9.43. The fourth-order valence-electron chi connectivity index (χ4n) is 2.18. The summed E-state index contributed by atoms with van der Waals surface area (Å²) in [6, 6.07) is 12.9. The maximum atomic E-state index is 12.2. The number of thioether (sulfide) groups is 1. The van der Waals surface area contributed by atoms with Crippen molar-refractivity contribution in [2.24, 2.45) is 0 Å². The number of amides is 2. The average molecular weight is 377 g/mol. The molecule has 0 atom stereocenters. The van der Waals surface area contributed by atoms with Crippen LogP contribution in [0, 0.1) is 6.92 Å². The Morgan fingerprint density at radius 3 is 2.64 bits per heavy atom. The highest BCUT2D eigenvalue weighted by molar-refractivity contribution is 8.00. The number of rotatable bonds is 7. The number of hydrogen-bond donors (Lipinski definition) is 2. The fraction of sp³-hybridized carbons (Fsp3) is 0.263. The van der Waals surface area contributed by atoms with Crippen molar-refractivity contribution in [2.75, 3.05) is 16.4 Å². The second-order valence-electron chi connectivity index (χ2n) is 5.62. The molecule has 6 heteroatoms. The van der Waals surface area contributed by atoms with E-state index in [0.717, 1.165) is 28.3 Å². The van der Waals surface area contributed by atoms with Gasteiger partial charge in [0.2, 0.25) is 11.8 Å². The Bertz CT molecular complexity index is 765. The molecule has 0 unspecified atom stereocenters. The lowest BCUT2D eigenvalue weighted by molar-refractivity contribution is -0.116. The maximum absolute atomic E-state index is 12.2. The fourth-order valence-corrected chi connectivity index (χ4v) is 3.11. The summed E-state index contributed by atoms with van der Waals surface area (Å²) in [4.78, 5) is 24.7. The van der Waals surface area contributed by atoms with E-state index in [1.165, 1.54) is 11.8 Å². The first-order valence-electron chi connectivity index (χ1n) is 8.06. The van der Waals surface area contributed by atoms with Crippen LogP contribution in [0.5, 0.6) is 0 Å². The van der Waals surface area contributed by atoms with Crippen LogP contribution in [0.15, 0.2) is 47.4 Å². The van der Waals surface area contributed by atoms with Gasteiger partial charge >= 0.3 is 0 Å². The van der Waals surface area contributed by atoms with Gasteiger partial charge in [-0.05, 0) is 49.2 Å². The Balaban J connectivity index is 1.91. The third-order valence-corrected chi connectivity index (χ3v) is 4.67. The van der Waals surface area contributed by atoms with Gasteiger partial charge in [-0.15, -0.1) is 11.8 Å². The predicted molar refractivity (Wildman–Crippen MR) is 106 cm³/mol. The van der Waals surface area contributed by atoms with Crippen LogP contribution < -0.4 is 10.6 Å². The molecule has 0 heterocycles. The van der Waals surface area contributed by atoms with Crippen LogP contribution in [0.4, 0.5) is 11.4 Å². The third kappa shape index (κ3) is 6.44. The number of hydrogen-bond acceptors (Lipinski definition) is 3. The van der Waals surface area contributed by atoms with Gasteiger partial charge in [0.1, 0.15) is 0 Å². The second-order valence-corrected chi connectivity index (χ2v) is 7.11. The molecule has 25 heavy (non-hydrogen) atoms. The van der Waals surface area contributed by atoms with E-state index in [9.17, 15) is 9.59 Å². The van der Waals surface area contributed by atoms with E-state index in [2.05, 4.69) is 10.6 Å². The molecular weight excluding hydrogens is 356 g/mol. The number of nitrogens with one attached hydrogen (secondary N) is 2. The predicted octanol–water partition coefficient (Wildman–Crippen LogP) is 5.12. The number of halogens is 1. The molecule has 0 saturated heterocycles. The van der Waals surface area contributed by atoms with Crippen molar-refractivity contribution >= 4 is 46.6 Å². The third-order valence-electron chi connectivity index (χ3n) is 3.44. The molecule has 0 bridgehead atoms. The van der Waals surface area contributed by atoms with Crippen LogP contribution in [0.25, 0.3) is 0 Å². The van der Waals surface area contributed by atoms with Crippen LogP contribution in [0.3, 0.4) is 0 Å². The molecular formula is C19H21ClN2O2S. The zero-order valence-corrected chi connectivity index (χ0v) is 15.8. The second kappa shape index (κ2) is 9.49. The van der Waals surface area contributed by atoms with Crippen molar-refractivity contribution in [3.63, 3.8) is 0 Å². The SMILES string of the molecule is CCCC(=O)Nc1cccc(SCC(=O)Nc2cc(Cl)ccc2C)c1. The van der Waals surface area contributed by atoms with Crippen LogP contribution >= 0.6 is 23.4 Å². The van der Waals surface area contributed by atoms with Crippen molar-refractivity contribution < 1.29 is 9.59 Å². The van der Waals surface area contributed by atoms with Crippen LogP contribution in [0.2, 0.25) is 5.02 Å². The summed E-state index contributed by atoms with van der Waals surface area (Å²) in [6.45, 7) is 3.88. The van der Waals surface area contributed by atoms with Crippen molar-refractivity contribution in [2.45, 2.75) is 31.6 Å². The van der Waals surface area contributed by atoms with E-state index in [0.29, 0.717) is 11.4 Å². The molecule has 0 spiro atoms. The number of aryl methyl sites for hydroxylation is 1. The van der Waals surface area contributed by atoms with E-state index in [-0.39, 0.29) is 17.6 Å². The number of carbonyl (C=O) groups excluding carboxylic acids is 2. The highest BCUT2D eigenvalue weighted by atomic mass is 35.5. The summed E-state index contributed by atoms with van der Waals surface area (Å²) in [7, 11) is 0. The summed E-state index contributed by atoms with van der Waals surface area (Å²) in [5.41, 5.74) is 2.43. The van der Waals surface area contributed by atoms with Gasteiger partial charge in [-0.3, -0.25) is 9.59 Å². The van der Waals surface area contributed by atoms with Gasteiger partial charge < -0.3 is 10.6 Å². The van der Waals surface area contributed by atoms with Gasteiger partial charge in [0.25, 0.3) is 0 Å². The molecule has 0 aromatic heterocycles.